The van der Waals surface area contributed by atoms with Crippen LogP contribution in [0.5, 0.6) is 0 Å². The highest BCUT2D eigenvalue weighted by atomic mass is 35.5. The van der Waals surface area contributed by atoms with Gasteiger partial charge in [0.1, 0.15) is 11.4 Å². The maximum Gasteiger partial charge on any atom is 0.421 e. The molecule has 1 N–H and O–H groups in total. The summed E-state index contributed by atoms with van der Waals surface area (Å²) in [6.45, 7) is 6.22. The predicted octanol–water partition coefficient (Wildman–Crippen LogP) is 2.78. The Kier molecular flexibility index (Phi) is 5.38. The molecule has 1 aliphatic heterocycles. The molecule has 0 aliphatic carbocycles. The monoisotopic (exact) mass is 415 g/mol. The molecule has 2 heterocycles. The predicted molar refractivity (Wildman–Crippen MR) is 100 cm³/mol. The van der Waals surface area contributed by atoms with Gasteiger partial charge < -0.3 is 14.0 Å². The summed E-state index contributed by atoms with van der Waals surface area (Å²) < 4.78 is 39.4. The second-order valence-electron chi connectivity index (χ2n) is 7.31. The Labute approximate surface area is 162 Å². The van der Waals surface area contributed by atoms with Gasteiger partial charge in [0.2, 0.25) is 0 Å². The Bertz CT molecular complexity index is 961. The van der Waals surface area contributed by atoms with Crippen LogP contribution < -0.4 is 4.72 Å². The van der Waals surface area contributed by atoms with Crippen LogP contribution in [0.15, 0.2) is 23.1 Å². The molecule has 148 valence electrons. The third-order valence-corrected chi connectivity index (χ3v) is 5.57. The maximum atomic E-state index is 12.6. The van der Waals surface area contributed by atoms with Gasteiger partial charge in [0.15, 0.2) is 0 Å². The van der Waals surface area contributed by atoms with E-state index >= 15 is 0 Å². The smallest absolute Gasteiger partial charge is 0.421 e. The lowest BCUT2D eigenvalue weighted by Gasteiger charge is -2.27. The van der Waals surface area contributed by atoms with E-state index in [-0.39, 0.29) is 16.9 Å². The van der Waals surface area contributed by atoms with E-state index in [2.05, 4.69) is 4.98 Å². The van der Waals surface area contributed by atoms with Crippen molar-refractivity contribution >= 4 is 38.8 Å². The molecule has 1 fully saturated rings. The highest BCUT2D eigenvalue weighted by Crippen LogP contribution is 2.24. The largest absolute Gasteiger partial charge is 0.443 e. The molecular weight excluding hydrogens is 394 g/mol. The molecule has 1 aliphatic rings. The Morgan fingerprint density at radius 1 is 1.44 bits per heavy atom. The molecule has 3 rings (SSSR count). The highest BCUT2D eigenvalue weighted by Gasteiger charge is 2.25. The van der Waals surface area contributed by atoms with E-state index in [1.54, 1.807) is 26.8 Å². The van der Waals surface area contributed by atoms with E-state index in [0.29, 0.717) is 30.0 Å². The molecule has 0 radical (unpaired) electrons. The first-order valence-corrected chi connectivity index (χ1v) is 10.5. The number of carbonyl (C=O) groups excluding carboxylic acids is 1. The van der Waals surface area contributed by atoms with Crippen LogP contribution in [0.25, 0.3) is 11.0 Å². The van der Waals surface area contributed by atoms with Gasteiger partial charge in [-0.2, -0.15) is 0 Å². The zero-order chi connectivity index (χ0) is 19.8. The van der Waals surface area contributed by atoms with Gasteiger partial charge in [-0.05, 0) is 45.4 Å². The van der Waals surface area contributed by atoms with Crippen molar-refractivity contribution in [3.05, 3.63) is 24.0 Å². The second-order valence-corrected chi connectivity index (χ2v) is 9.26. The molecule has 0 bridgehead atoms. The molecule has 1 aromatic carbocycles. The minimum atomic E-state index is -4.09. The lowest BCUT2D eigenvalue weighted by atomic mass is 10.2. The Balaban J connectivity index is 1.92. The maximum absolute atomic E-state index is 12.6. The number of nitrogens with zero attached hydrogens (tertiary/aromatic N) is 2. The van der Waals surface area contributed by atoms with E-state index in [1.807, 2.05) is 9.29 Å². The van der Waals surface area contributed by atoms with E-state index in [1.165, 1.54) is 12.1 Å². The van der Waals surface area contributed by atoms with Crippen molar-refractivity contribution in [1.29, 1.82) is 0 Å². The van der Waals surface area contributed by atoms with Gasteiger partial charge in [0.05, 0.1) is 34.5 Å². The lowest BCUT2D eigenvalue weighted by molar-refractivity contribution is -0.0589. The van der Waals surface area contributed by atoms with Crippen molar-refractivity contribution in [1.82, 2.24) is 14.3 Å². The van der Waals surface area contributed by atoms with E-state index in [0.717, 1.165) is 6.42 Å². The molecule has 0 unspecified atom stereocenters. The average molecular weight is 416 g/mol. The molecule has 8 nitrogen and oxygen atoms in total. The molecule has 1 amide bonds. The fourth-order valence-corrected chi connectivity index (χ4v) is 3.82. The minimum absolute atomic E-state index is 0.0577. The van der Waals surface area contributed by atoms with Gasteiger partial charge in [-0.3, -0.25) is 0 Å². The van der Waals surface area contributed by atoms with Crippen molar-refractivity contribution in [2.45, 2.75) is 56.2 Å². The van der Waals surface area contributed by atoms with Crippen LogP contribution in [0, 0.1) is 0 Å². The quantitative estimate of drug-likeness (QED) is 0.754. The van der Waals surface area contributed by atoms with Crippen molar-refractivity contribution in [2.24, 2.45) is 0 Å². The fourth-order valence-electron chi connectivity index (χ4n) is 2.73. The van der Waals surface area contributed by atoms with Crippen LogP contribution in [0.3, 0.4) is 0 Å². The number of benzene rings is 1. The summed E-state index contributed by atoms with van der Waals surface area (Å²) in [5, 5.41) is 0. The molecule has 2 aromatic rings. The first-order chi connectivity index (χ1) is 12.6. The molecule has 1 saturated heterocycles. The number of alkyl halides is 1. The molecule has 27 heavy (non-hydrogen) atoms. The number of ether oxygens (including phenoxy) is 2. The fraction of sp³-hybridized carbons (Fsp3) is 0.529. The van der Waals surface area contributed by atoms with Crippen molar-refractivity contribution in [3.63, 3.8) is 0 Å². The zero-order valence-electron chi connectivity index (χ0n) is 15.4. The van der Waals surface area contributed by atoms with Gasteiger partial charge in [-0.15, -0.1) is 11.6 Å². The zero-order valence-corrected chi connectivity index (χ0v) is 16.9. The Hall–Kier alpha value is -1.84. The number of carbonyl (C=O) groups is 1. The number of imidazole rings is 1. The van der Waals surface area contributed by atoms with E-state index in [9.17, 15) is 13.2 Å². The number of amides is 1. The number of hydrogen-bond acceptors (Lipinski definition) is 6. The van der Waals surface area contributed by atoms with E-state index < -0.39 is 21.7 Å². The summed E-state index contributed by atoms with van der Waals surface area (Å²) in [5.41, 5.74) is 0.439. The summed E-state index contributed by atoms with van der Waals surface area (Å²) in [6.07, 6.45) is -0.0375. The Morgan fingerprint density at radius 2 is 2.15 bits per heavy atom. The highest BCUT2D eigenvalue weighted by molar-refractivity contribution is 7.90. The molecule has 0 saturated carbocycles. The summed E-state index contributed by atoms with van der Waals surface area (Å²) in [6, 6.07) is 4.46. The SMILES string of the molecule is CC(C)(C)OC(=O)NS(=O)(=O)c1ccc2nc(CCl)n(C[C@@H]3CCO3)c2c1. The first kappa shape index (κ1) is 19.9. The van der Waals surface area contributed by atoms with Gasteiger partial charge >= 0.3 is 6.09 Å². The minimum Gasteiger partial charge on any atom is -0.443 e. The number of halogens is 1. The van der Waals surface area contributed by atoms with Crippen LogP contribution >= 0.6 is 11.6 Å². The molecule has 0 spiro atoms. The van der Waals surface area contributed by atoms with Crippen LogP contribution in [-0.2, 0) is 31.9 Å². The second kappa shape index (κ2) is 7.29. The van der Waals surface area contributed by atoms with Gasteiger partial charge in [0.25, 0.3) is 10.0 Å². The summed E-state index contributed by atoms with van der Waals surface area (Å²) in [7, 11) is -4.09. The lowest BCUT2D eigenvalue weighted by Crippen LogP contribution is -2.36. The molecule has 10 heteroatoms. The van der Waals surface area contributed by atoms with Crippen LogP contribution in [-0.4, -0.2) is 42.4 Å². The third-order valence-electron chi connectivity index (χ3n) is 4.02. The number of sulfonamides is 1. The van der Waals surface area contributed by atoms with Gasteiger partial charge in [-0.25, -0.2) is 22.9 Å². The summed E-state index contributed by atoms with van der Waals surface area (Å²) in [5.74, 6) is 0.830. The molecular formula is C17H22ClN3O5S. The number of fused-ring (bicyclic) bond motifs is 1. The topological polar surface area (TPSA) is 99.5 Å². The first-order valence-electron chi connectivity index (χ1n) is 8.51. The van der Waals surface area contributed by atoms with Crippen LogP contribution in [0.1, 0.15) is 33.0 Å². The summed E-state index contributed by atoms with van der Waals surface area (Å²) >= 11 is 5.99. The van der Waals surface area contributed by atoms with Gasteiger partial charge in [-0.1, -0.05) is 0 Å². The van der Waals surface area contributed by atoms with E-state index in [4.69, 9.17) is 21.1 Å². The average Bonchev–Trinajstić information content (AvgIpc) is 2.85. The van der Waals surface area contributed by atoms with Gasteiger partial charge in [0, 0.05) is 6.61 Å². The normalized spacial score (nSPS) is 17.6. The number of rotatable bonds is 5. The number of aromatic nitrogens is 2. The number of nitrogens with one attached hydrogen (secondary N) is 1. The van der Waals surface area contributed by atoms with Crippen LogP contribution in [0.2, 0.25) is 0 Å². The Morgan fingerprint density at radius 3 is 2.70 bits per heavy atom. The third kappa shape index (κ3) is 4.53. The van der Waals surface area contributed by atoms with Crippen molar-refractivity contribution in [3.8, 4) is 0 Å². The standard InChI is InChI=1S/C17H22ClN3O5S/c1-17(2,3)26-16(22)20-27(23,24)12-4-5-13-14(8-12)21(15(9-18)19-13)10-11-6-7-25-11/h4-5,8,11H,6-7,9-10H2,1-3H3,(H,20,22)/t11-/m0/s1. The van der Waals surface area contributed by atoms with Crippen molar-refractivity contribution in [2.75, 3.05) is 6.61 Å². The summed E-state index contributed by atoms with van der Waals surface area (Å²) in [4.78, 5) is 16.2. The molecule has 1 atom stereocenters. The number of hydrogen-bond donors (Lipinski definition) is 1. The van der Waals surface area contributed by atoms with Crippen molar-refractivity contribution < 1.29 is 22.7 Å². The molecule has 1 aromatic heterocycles. The van der Waals surface area contributed by atoms with Crippen LogP contribution in [0.4, 0.5) is 4.79 Å².